The first-order valence-corrected chi connectivity index (χ1v) is 8.59. The Morgan fingerprint density at radius 1 is 1.39 bits per heavy atom. The van der Waals surface area contributed by atoms with Crippen molar-refractivity contribution in [1.29, 1.82) is 0 Å². The zero-order chi connectivity index (χ0) is 17.0. The van der Waals surface area contributed by atoms with Gasteiger partial charge < -0.3 is 10.3 Å². The average molecular weight is 319 g/mol. The topological polar surface area (TPSA) is 65.2 Å². The zero-order valence-electron chi connectivity index (χ0n) is 14.7. The maximum absolute atomic E-state index is 12.6. The Bertz CT molecular complexity index is 607. The number of H-pyrrole nitrogens is 1. The van der Waals surface area contributed by atoms with Gasteiger partial charge in [0.2, 0.25) is 5.91 Å². The van der Waals surface area contributed by atoms with E-state index in [2.05, 4.69) is 29.0 Å². The van der Waals surface area contributed by atoms with Gasteiger partial charge in [-0.05, 0) is 50.8 Å². The van der Waals surface area contributed by atoms with Crippen molar-refractivity contribution in [2.45, 2.75) is 59.5 Å². The van der Waals surface area contributed by atoms with Crippen molar-refractivity contribution in [2.24, 2.45) is 5.92 Å². The van der Waals surface area contributed by atoms with E-state index in [1.54, 1.807) is 0 Å². The molecule has 1 aliphatic rings. The van der Waals surface area contributed by atoms with E-state index in [1.807, 2.05) is 19.9 Å². The van der Waals surface area contributed by atoms with E-state index in [0.29, 0.717) is 18.0 Å². The fraction of sp³-hybridized carbons (Fsp3) is 0.667. The number of hydrogen-bond donors (Lipinski definition) is 2. The summed E-state index contributed by atoms with van der Waals surface area (Å²) in [6, 6.07) is 1.88. The van der Waals surface area contributed by atoms with E-state index < -0.39 is 0 Å². The number of hydrogen-bond acceptors (Lipinski definition) is 3. The molecule has 1 atom stereocenters. The predicted molar refractivity (Wildman–Crippen MR) is 92.4 cm³/mol. The summed E-state index contributed by atoms with van der Waals surface area (Å²) in [5, 5.41) is 2.97. The van der Waals surface area contributed by atoms with Crippen molar-refractivity contribution in [3.8, 4) is 0 Å². The van der Waals surface area contributed by atoms with E-state index in [1.165, 1.54) is 0 Å². The van der Waals surface area contributed by atoms with Crippen LogP contribution in [-0.4, -0.2) is 34.9 Å². The molecule has 5 heteroatoms. The molecule has 0 unspecified atom stereocenters. The summed E-state index contributed by atoms with van der Waals surface area (Å²) in [6.45, 7) is 10.4. The molecule has 0 aromatic carbocycles. The number of pyridine rings is 1. The monoisotopic (exact) mass is 319 g/mol. The summed E-state index contributed by atoms with van der Waals surface area (Å²) in [6.07, 6.45) is 3.16. The van der Waals surface area contributed by atoms with Gasteiger partial charge in [0.05, 0.1) is 6.04 Å². The lowest BCUT2D eigenvalue weighted by atomic mass is 9.99. The molecule has 5 nitrogen and oxygen atoms in total. The lowest BCUT2D eigenvalue weighted by Crippen LogP contribution is -2.50. The zero-order valence-corrected chi connectivity index (χ0v) is 14.7. The van der Waals surface area contributed by atoms with Crippen LogP contribution in [0.15, 0.2) is 10.9 Å². The van der Waals surface area contributed by atoms with Crippen molar-refractivity contribution in [3.63, 3.8) is 0 Å². The standard InChI is InChI=1S/C18H29N3O2/c1-12(2)11-21-8-6-5-7-16(21)18(23)19-10-15-13(3)9-14(4)20-17(15)22/h9,12,16H,5-8,10-11H2,1-4H3,(H,19,23)(H,20,22)/t16-/m0/s1. The minimum absolute atomic E-state index is 0.0460. The molecule has 0 aliphatic carbocycles. The molecule has 128 valence electrons. The molecule has 1 amide bonds. The highest BCUT2D eigenvalue weighted by Gasteiger charge is 2.28. The van der Waals surface area contributed by atoms with E-state index in [4.69, 9.17) is 0 Å². The molecule has 1 aromatic heterocycles. The highest BCUT2D eigenvalue weighted by molar-refractivity contribution is 5.81. The Kier molecular flexibility index (Phi) is 5.99. The van der Waals surface area contributed by atoms with Crippen LogP contribution in [0.25, 0.3) is 0 Å². The molecule has 2 rings (SSSR count). The summed E-state index contributed by atoms with van der Waals surface area (Å²) in [5.74, 6) is 0.593. The number of piperidine rings is 1. The average Bonchev–Trinajstić information content (AvgIpc) is 2.45. The van der Waals surface area contributed by atoms with Crippen LogP contribution in [0.1, 0.15) is 49.9 Å². The fourth-order valence-electron chi connectivity index (χ4n) is 3.37. The molecule has 23 heavy (non-hydrogen) atoms. The van der Waals surface area contributed by atoms with Crippen LogP contribution in [-0.2, 0) is 11.3 Å². The van der Waals surface area contributed by atoms with Crippen LogP contribution < -0.4 is 10.9 Å². The SMILES string of the molecule is Cc1cc(C)c(CNC(=O)[C@@H]2CCCCN2CC(C)C)c(=O)[nH]1. The summed E-state index contributed by atoms with van der Waals surface area (Å²) in [4.78, 5) is 29.7. The third-order valence-electron chi connectivity index (χ3n) is 4.45. The van der Waals surface area contributed by atoms with Gasteiger partial charge in [-0.15, -0.1) is 0 Å². The Balaban J connectivity index is 2.02. The molecule has 1 saturated heterocycles. The number of aromatic amines is 1. The van der Waals surface area contributed by atoms with Crippen molar-refractivity contribution in [2.75, 3.05) is 13.1 Å². The number of carbonyl (C=O) groups is 1. The summed E-state index contributed by atoms with van der Waals surface area (Å²) >= 11 is 0. The fourth-order valence-corrected chi connectivity index (χ4v) is 3.37. The maximum atomic E-state index is 12.6. The molecule has 2 N–H and O–H groups in total. The number of nitrogens with one attached hydrogen (secondary N) is 2. The summed E-state index contributed by atoms with van der Waals surface area (Å²) < 4.78 is 0. The predicted octanol–water partition coefficient (Wildman–Crippen LogP) is 2.12. The Morgan fingerprint density at radius 2 is 2.13 bits per heavy atom. The second-order valence-corrected chi connectivity index (χ2v) is 7.06. The highest BCUT2D eigenvalue weighted by Crippen LogP contribution is 2.18. The number of aromatic nitrogens is 1. The second-order valence-electron chi connectivity index (χ2n) is 7.06. The van der Waals surface area contributed by atoms with E-state index in [-0.39, 0.29) is 17.5 Å². The van der Waals surface area contributed by atoms with Gasteiger partial charge in [-0.2, -0.15) is 0 Å². The van der Waals surface area contributed by atoms with Crippen molar-refractivity contribution in [3.05, 3.63) is 33.2 Å². The molecular weight excluding hydrogens is 290 g/mol. The molecule has 2 heterocycles. The molecular formula is C18H29N3O2. The Labute approximate surface area is 138 Å². The minimum Gasteiger partial charge on any atom is -0.350 e. The van der Waals surface area contributed by atoms with Gasteiger partial charge in [0.15, 0.2) is 0 Å². The van der Waals surface area contributed by atoms with E-state index in [0.717, 1.165) is 43.6 Å². The minimum atomic E-state index is -0.106. The van der Waals surface area contributed by atoms with Gasteiger partial charge in [-0.3, -0.25) is 14.5 Å². The molecule has 0 bridgehead atoms. The lowest BCUT2D eigenvalue weighted by Gasteiger charge is -2.35. The summed E-state index contributed by atoms with van der Waals surface area (Å²) in [5.41, 5.74) is 2.31. The van der Waals surface area contributed by atoms with Gasteiger partial charge in [0.25, 0.3) is 5.56 Å². The first-order valence-electron chi connectivity index (χ1n) is 8.59. The van der Waals surface area contributed by atoms with Crippen LogP contribution in [0.4, 0.5) is 0 Å². The molecule has 0 spiro atoms. The van der Waals surface area contributed by atoms with Gasteiger partial charge in [-0.1, -0.05) is 20.3 Å². The Morgan fingerprint density at radius 3 is 2.78 bits per heavy atom. The number of amides is 1. The van der Waals surface area contributed by atoms with Gasteiger partial charge in [0.1, 0.15) is 0 Å². The molecule has 0 radical (unpaired) electrons. The number of nitrogens with zero attached hydrogens (tertiary/aromatic N) is 1. The lowest BCUT2D eigenvalue weighted by molar-refractivity contribution is -0.128. The van der Waals surface area contributed by atoms with Gasteiger partial charge >= 0.3 is 0 Å². The number of likely N-dealkylation sites (tertiary alicyclic amines) is 1. The molecule has 1 aromatic rings. The quantitative estimate of drug-likeness (QED) is 0.874. The number of carbonyl (C=O) groups excluding carboxylic acids is 1. The maximum Gasteiger partial charge on any atom is 0.253 e. The van der Waals surface area contributed by atoms with E-state index in [9.17, 15) is 9.59 Å². The van der Waals surface area contributed by atoms with Crippen LogP contribution >= 0.6 is 0 Å². The van der Waals surface area contributed by atoms with Crippen LogP contribution in [0.2, 0.25) is 0 Å². The number of rotatable bonds is 5. The van der Waals surface area contributed by atoms with E-state index >= 15 is 0 Å². The Hall–Kier alpha value is -1.62. The van der Waals surface area contributed by atoms with Crippen LogP contribution in [0.5, 0.6) is 0 Å². The smallest absolute Gasteiger partial charge is 0.253 e. The van der Waals surface area contributed by atoms with Gasteiger partial charge in [-0.25, -0.2) is 0 Å². The van der Waals surface area contributed by atoms with Crippen LogP contribution in [0, 0.1) is 19.8 Å². The molecule has 1 fully saturated rings. The first kappa shape index (κ1) is 17.7. The van der Waals surface area contributed by atoms with Crippen LogP contribution in [0.3, 0.4) is 0 Å². The normalized spacial score (nSPS) is 19.1. The third-order valence-corrected chi connectivity index (χ3v) is 4.45. The largest absolute Gasteiger partial charge is 0.350 e. The molecule has 1 aliphatic heterocycles. The number of aryl methyl sites for hydroxylation is 2. The molecule has 0 saturated carbocycles. The first-order chi connectivity index (χ1) is 10.9. The third kappa shape index (κ3) is 4.67. The van der Waals surface area contributed by atoms with Crippen molar-refractivity contribution >= 4 is 5.91 Å². The summed E-state index contributed by atoms with van der Waals surface area (Å²) in [7, 11) is 0. The van der Waals surface area contributed by atoms with Crippen molar-refractivity contribution < 1.29 is 4.79 Å². The highest BCUT2D eigenvalue weighted by atomic mass is 16.2. The van der Waals surface area contributed by atoms with Gasteiger partial charge in [0, 0.05) is 24.3 Å². The van der Waals surface area contributed by atoms with Crippen molar-refractivity contribution in [1.82, 2.24) is 15.2 Å². The second kappa shape index (κ2) is 7.77.